The third-order valence-electron chi connectivity index (χ3n) is 4.56. The summed E-state index contributed by atoms with van der Waals surface area (Å²) in [7, 11) is 5.17. The van der Waals surface area contributed by atoms with Gasteiger partial charge in [-0.1, -0.05) is 13.8 Å². The molecule has 138 valence electrons. The molecule has 5 nitrogen and oxygen atoms in total. The van der Waals surface area contributed by atoms with Crippen LogP contribution in [0.15, 0.2) is 42.6 Å². The SMILES string of the molecule is COc1cc(OC)c(C(C)C)cc1C(=O)Nc1ccc2c(ccn2C)c1.[HH]. The summed E-state index contributed by atoms with van der Waals surface area (Å²) in [5.41, 5.74) is 3.33. The lowest BCUT2D eigenvalue weighted by Gasteiger charge is -2.17. The predicted octanol–water partition coefficient (Wildman–Crippen LogP) is 4.82. The fraction of sp³-hybridized carbons (Fsp3) is 0.286. The molecule has 3 aromatic rings. The minimum Gasteiger partial charge on any atom is -0.496 e. The summed E-state index contributed by atoms with van der Waals surface area (Å²) in [5, 5.41) is 4.05. The number of aromatic nitrogens is 1. The first-order chi connectivity index (χ1) is 12.4. The molecular weight excluding hydrogens is 328 g/mol. The standard InChI is InChI=1S/C21H24N2O3.H2/c1-13(2)16-11-17(20(26-5)12-19(16)25-4)21(24)22-15-6-7-18-14(10-15)8-9-23(18)3;/h6-13H,1-5H3,(H,22,24);1H. The number of hydrogen-bond acceptors (Lipinski definition) is 3. The number of aryl methyl sites for hydroxylation is 1. The number of carbonyl (C=O) groups excluding carboxylic acids is 1. The number of hydrogen-bond donors (Lipinski definition) is 1. The summed E-state index contributed by atoms with van der Waals surface area (Å²) in [6.07, 6.45) is 2.00. The Labute approximate surface area is 155 Å². The Morgan fingerprint density at radius 1 is 1.08 bits per heavy atom. The van der Waals surface area contributed by atoms with Crippen LogP contribution in [0.25, 0.3) is 10.9 Å². The second-order valence-electron chi connectivity index (χ2n) is 6.60. The molecule has 0 aliphatic heterocycles. The normalized spacial score (nSPS) is 11.0. The van der Waals surface area contributed by atoms with E-state index in [1.807, 2.05) is 48.1 Å². The van der Waals surface area contributed by atoms with Crippen molar-refractivity contribution < 1.29 is 15.7 Å². The van der Waals surface area contributed by atoms with Gasteiger partial charge in [0, 0.05) is 37.3 Å². The first kappa shape index (κ1) is 17.9. The molecular formula is C21H26N2O3. The summed E-state index contributed by atoms with van der Waals surface area (Å²) < 4.78 is 12.9. The topological polar surface area (TPSA) is 52.5 Å². The molecule has 1 heterocycles. The lowest BCUT2D eigenvalue weighted by Crippen LogP contribution is -2.14. The third kappa shape index (κ3) is 3.25. The number of benzene rings is 2. The average Bonchev–Trinajstić information content (AvgIpc) is 3.00. The largest absolute Gasteiger partial charge is 0.496 e. The van der Waals surface area contributed by atoms with Crippen LogP contribution >= 0.6 is 0 Å². The Hall–Kier alpha value is -2.95. The number of methoxy groups -OCH3 is 2. The molecule has 1 N–H and O–H groups in total. The number of fused-ring (bicyclic) bond motifs is 1. The Kier molecular flexibility index (Phi) is 4.89. The van der Waals surface area contributed by atoms with Crippen molar-refractivity contribution in [2.24, 2.45) is 7.05 Å². The van der Waals surface area contributed by atoms with Crippen LogP contribution in [0.4, 0.5) is 5.69 Å². The molecule has 2 aromatic carbocycles. The van der Waals surface area contributed by atoms with Gasteiger partial charge in [-0.05, 0) is 41.8 Å². The molecule has 0 atom stereocenters. The van der Waals surface area contributed by atoms with Gasteiger partial charge in [0.1, 0.15) is 11.5 Å². The number of ether oxygens (including phenoxy) is 2. The molecule has 1 aromatic heterocycles. The number of nitrogens with zero attached hydrogens (tertiary/aromatic N) is 1. The third-order valence-corrected chi connectivity index (χ3v) is 4.56. The van der Waals surface area contributed by atoms with Crippen LogP contribution < -0.4 is 14.8 Å². The van der Waals surface area contributed by atoms with E-state index in [1.54, 1.807) is 20.3 Å². The van der Waals surface area contributed by atoms with Gasteiger partial charge in [0.2, 0.25) is 0 Å². The van der Waals surface area contributed by atoms with Crippen LogP contribution in [0.3, 0.4) is 0 Å². The molecule has 0 radical (unpaired) electrons. The summed E-state index contributed by atoms with van der Waals surface area (Å²) in [4.78, 5) is 12.9. The Morgan fingerprint density at radius 2 is 1.81 bits per heavy atom. The Morgan fingerprint density at radius 3 is 2.46 bits per heavy atom. The molecule has 0 bridgehead atoms. The van der Waals surface area contributed by atoms with E-state index in [4.69, 9.17) is 9.47 Å². The second kappa shape index (κ2) is 7.12. The first-order valence-electron chi connectivity index (χ1n) is 8.57. The van der Waals surface area contributed by atoms with Crippen LogP contribution in [0.5, 0.6) is 11.5 Å². The summed E-state index contributed by atoms with van der Waals surface area (Å²) in [5.74, 6) is 1.23. The molecule has 26 heavy (non-hydrogen) atoms. The van der Waals surface area contributed by atoms with Gasteiger partial charge < -0.3 is 19.4 Å². The van der Waals surface area contributed by atoms with Gasteiger partial charge in [0.25, 0.3) is 5.91 Å². The number of anilines is 1. The van der Waals surface area contributed by atoms with Crippen LogP contribution in [0, 0.1) is 0 Å². The fourth-order valence-corrected chi connectivity index (χ4v) is 3.11. The molecule has 0 saturated carbocycles. The monoisotopic (exact) mass is 354 g/mol. The maximum atomic E-state index is 12.9. The quantitative estimate of drug-likeness (QED) is 0.715. The minimum absolute atomic E-state index is 0. The predicted molar refractivity (Wildman–Crippen MR) is 107 cm³/mol. The van der Waals surface area contributed by atoms with Crippen LogP contribution in [0.1, 0.15) is 37.1 Å². The lowest BCUT2D eigenvalue weighted by molar-refractivity contribution is 0.102. The van der Waals surface area contributed by atoms with Gasteiger partial charge in [0.05, 0.1) is 19.8 Å². The van der Waals surface area contributed by atoms with E-state index in [9.17, 15) is 4.79 Å². The highest BCUT2D eigenvalue weighted by atomic mass is 16.5. The molecule has 0 aliphatic rings. The average molecular weight is 354 g/mol. The van der Waals surface area contributed by atoms with Crippen molar-refractivity contribution in [1.29, 1.82) is 0 Å². The van der Waals surface area contributed by atoms with Gasteiger partial charge in [-0.25, -0.2) is 0 Å². The van der Waals surface area contributed by atoms with Crippen molar-refractivity contribution in [3.8, 4) is 11.5 Å². The van der Waals surface area contributed by atoms with Crippen molar-refractivity contribution in [3.05, 3.63) is 53.7 Å². The molecule has 1 amide bonds. The van der Waals surface area contributed by atoms with Crippen LogP contribution in [0.2, 0.25) is 0 Å². The fourth-order valence-electron chi connectivity index (χ4n) is 3.11. The molecule has 0 fully saturated rings. The minimum atomic E-state index is -0.207. The van der Waals surface area contributed by atoms with Crippen LogP contribution in [-0.4, -0.2) is 24.7 Å². The maximum Gasteiger partial charge on any atom is 0.259 e. The number of carbonyl (C=O) groups is 1. The molecule has 5 heteroatoms. The van der Waals surface area contributed by atoms with Crippen molar-refractivity contribution >= 4 is 22.5 Å². The highest BCUT2D eigenvalue weighted by Crippen LogP contribution is 2.34. The highest BCUT2D eigenvalue weighted by molar-refractivity contribution is 6.07. The van der Waals surface area contributed by atoms with Crippen molar-refractivity contribution in [1.82, 2.24) is 4.57 Å². The first-order valence-corrected chi connectivity index (χ1v) is 8.57. The lowest BCUT2D eigenvalue weighted by atomic mass is 9.98. The second-order valence-corrected chi connectivity index (χ2v) is 6.60. The Balaban J connectivity index is 0.00000261. The van der Waals surface area contributed by atoms with Gasteiger partial charge in [0.15, 0.2) is 0 Å². The van der Waals surface area contributed by atoms with E-state index in [-0.39, 0.29) is 13.3 Å². The molecule has 3 rings (SSSR count). The molecule has 0 unspecified atom stereocenters. The van der Waals surface area contributed by atoms with E-state index < -0.39 is 0 Å². The van der Waals surface area contributed by atoms with Gasteiger partial charge in [-0.3, -0.25) is 4.79 Å². The maximum absolute atomic E-state index is 12.9. The zero-order chi connectivity index (χ0) is 18.8. The number of amides is 1. The number of nitrogens with one attached hydrogen (secondary N) is 1. The highest BCUT2D eigenvalue weighted by Gasteiger charge is 2.19. The van der Waals surface area contributed by atoms with E-state index in [0.717, 1.165) is 27.9 Å². The Bertz CT molecular complexity index is 963. The summed E-state index contributed by atoms with van der Waals surface area (Å²) in [6.45, 7) is 4.13. The zero-order valence-corrected chi connectivity index (χ0v) is 15.8. The van der Waals surface area contributed by atoms with Crippen molar-refractivity contribution in [3.63, 3.8) is 0 Å². The van der Waals surface area contributed by atoms with E-state index in [2.05, 4.69) is 19.2 Å². The summed E-state index contributed by atoms with van der Waals surface area (Å²) >= 11 is 0. The zero-order valence-electron chi connectivity index (χ0n) is 15.8. The van der Waals surface area contributed by atoms with Gasteiger partial charge in [-0.2, -0.15) is 0 Å². The van der Waals surface area contributed by atoms with Crippen molar-refractivity contribution in [2.75, 3.05) is 19.5 Å². The molecule has 0 saturated heterocycles. The smallest absolute Gasteiger partial charge is 0.259 e. The van der Waals surface area contributed by atoms with Gasteiger partial charge in [-0.15, -0.1) is 0 Å². The van der Waals surface area contributed by atoms with E-state index in [1.165, 1.54) is 0 Å². The molecule has 0 aliphatic carbocycles. The van der Waals surface area contributed by atoms with E-state index >= 15 is 0 Å². The summed E-state index contributed by atoms with van der Waals surface area (Å²) in [6, 6.07) is 11.5. The van der Waals surface area contributed by atoms with Gasteiger partial charge >= 0.3 is 0 Å². The number of rotatable bonds is 5. The van der Waals surface area contributed by atoms with E-state index in [0.29, 0.717) is 11.3 Å². The van der Waals surface area contributed by atoms with Crippen LogP contribution in [-0.2, 0) is 7.05 Å². The molecule has 0 spiro atoms. The van der Waals surface area contributed by atoms with Crippen molar-refractivity contribution in [2.45, 2.75) is 19.8 Å².